The summed E-state index contributed by atoms with van der Waals surface area (Å²) in [5.41, 5.74) is 5.11. The fraction of sp³-hybridized carbons (Fsp3) is 0.188. The highest BCUT2D eigenvalue weighted by atomic mass is 16.6. The topological polar surface area (TPSA) is 124 Å². The van der Waals surface area contributed by atoms with Crippen molar-refractivity contribution < 1.29 is 19.1 Å². The normalized spacial score (nSPS) is 10.1. The lowest BCUT2D eigenvalue weighted by Crippen LogP contribution is -2.28. The van der Waals surface area contributed by atoms with Gasteiger partial charge in [-0.1, -0.05) is 6.08 Å². The summed E-state index contributed by atoms with van der Waals surface area (Å²) in [7, 11) is 0. The van der Waals surface area contributed by atoms with Gasteiger partial charge in [0.05, 0.1) is 5.69 Å². The lowest BCUT2D eigenvalue weighted by atomic mass is 10.2. The first kappa shape index (κ1) is 18.8. The number of hydrogen-bond donors (Lipinski definition) is 2. The second-order valence-corrected chi connectivity index (χ2v) is 4.95. The van der Waals surface area contributed by atoms with Gasteiger partial charge in [-0.3, -0.25) is 19.6 Å². The minimum atomic E-state index is -0.614. The zero-order valence-corrected chi connectivity index (χ0v) is 14.2. The number of rotatable bonds is 7. The number of hydrogen-bond acceptors (Lipinski definition) is 9. The van der Waals surface area contributed by atoms with Gasteiger partial charge in [0.1, 0.15) is 6.33 Å². The molecule has 0 amide bonds. The number of nitrogens with one attached hydrogen (secondary N) is 2. The zero-order valence-electron chi connectivity index (χ0n) is 14.2. The molecule has 0 saturated carbocycles. The Kier molecular flexibility index (Phi) is 6.17. The summed E-state index contributed by atoms with van der Waals surface area (Å²) in [5.74, 6) is -1.05. The van der Waals surface area contributed by atoms with Gasteiger partial charge >= 0.3 is 17.6 Å². The molecule has 0 atom stereocenters. The van der Waals surface area contributed by atoms with Gasteiger partial charge in [0, 0.05) is 26.5 Å². The SMILES string of the molecule is C=CCNNc1ncn(-c2ccc(OC(C)=O)c(OC(C)=O)c2)c(=O)n1. The van der Waals surface area contributed by atoms with Gasteiger partial charge in [-0.05, 0) is 12.1 Å². The van der Waals surface area contributed by atoms with Gasteiger partial charge in [-0.25, -0.2) is 15.2 Å². The maximum absolute atomic E-state index is 12.2. The molecule has 2 rings (SSSR count). The minimum Gasteiger partial charge on any atom is -0.423 e. The minimum absolute atomic E-state index is 0.00745. The molecule has 136 valence electrons. The molecule has 0 fully saturated rings. The van der Waals surface area contributed by atoms with Gasteiger partial charge in [-0.2, -0.15) is 4.98 Å². The van der Waals surface area contributed by atoms with E-state index in [-0.39, 0.29) is 17.4 Å². The highest BCUT2D eigenvalue weighted by Gasteiger charge is 2.13. The van der Waals surface area contributed by atoms with Crippen LogP contribution in [0.5, 0.6) is 11.5 Å². The van der Waals surface area contributed by atoms with E-state index in [0.717, 1.165) is 4.57 Å². The molecule has 0 aliphatic heterocycles. The number of hydrazine groups is 1. The molecule has 0 spiro atoms. The molecule has 2 N–H and O–H groups in total. The standard InChI is InChI=1S/C16H17N5O5/c1-4-7-18-20-15-17-9-21(16(24)19-15)12-5-6-13(25-10(2)22)14(8-12)26-11(3)23/h4-6,8-9,18H,1,7H2,2-3H3,(H,19,20,24). The van der Waals surface area contributed by atoms with Crippen molar-refractivity contribution in [2.75, 3.05) is 12.0 Å². The van der Waals surface area contributed by atoms with E-state index in [1.807, 2.05) is 0 Å². The van der Waals surface area contributed by atoms with Gasteiger partial charge in [0.25, 0.3) is 0 Å². The average Bonchev–Trinajstić information content (AvgIpc) is 2.56. The van der Waals surface area contributed by atoms with Gasteiger partial charge in [0.2, 0.25) is 5.95 Å². The number of carbonyl (C=O) groups excluding carboxylic acids is 2. The summed E-state index contributed by atoms with van der Waals surface area (Å²) in [6.45, 7) is 6.42. The van der Waals surface area contributed by atoms with E-state index in [1.165, 1.54) is 38.4 Å². The summed E-state index contributed by atoms with van der Waals surface area (Å²) in [6.07, 6.45) is 2.88. The summed E-state index contributed by atoms with van der Waals surface area (Å²) in [5, 5.41) is 0. The van der Waals surface area contributed by atoms with E-state index in [9.17, 15) is 14.4 Å². The van der Waals surface area contributed by atoms with E-state index in [2.05, 4.69) is 27.4 Å². The van der Waals surface area contributed by atoms with Crippen molar-refractivity contribution in [2.24, 2.45) is 0 Å². The maximum Gasteiger partial charge on any atom is 0.356 e. The monoisotopic (exact) mass is 359 g/mol. The molecule has 26 heavy (non-hydrogen) atoms. The van der Waals surface area contributed by atoms with Crippen LogP contribution >= 0.6 is 0 Å². The molecule has 0 aliphatic rings. The number of ether oxygens (including phenoxy) is 2. The highest BCUT2D eigenvalue weighted by Crippen LogP contribution is 2.29. The summed E-state index contributed by atoms with van der Waals surface area (Å²) >= 11 is 0. The first-order valence-corrected chi connectivity index (χ1v) is 7.47. The van der Waals surface area contributed by atoms with Crippen molar-refractivity contribution in [3.8, 4) is 17.2 Å². The second-order valence-electron chi connectivity index (χ2n) is 4.95. The van der Waals surface area contributed by atoms with Gasteiger partial charge in [-0.15, -0.1) is 6.58 Å². The third-order valence-electron chi connectivity index (χ3n) is 2.86. The van der Waals surface area contributed by atoms with Crippen LogP contribution in [0.1, 0.15) is 13.8 Å². The predicted octanol–water partition coefficient (Wildman–Crippen LogP) is 0.581. The largest absolute Gasteiger partial charge is 0.423 e. The Hall–Kier alpha value is -3.53. The Bertz CT molecular complexity index is 893. The molecule has 0 bridgehead atoms. The summed E-state index contributed by atoms with van der Waals surface area (Å²) in [6, 6.07) is 4.27. The van der Waals surface area contributed by atoms with Gasteiger partial charge < -0.3 is 9.47 Å². The molecule has 0 saturated heterocycles. The van der Waals surface area contributed by atoms with Crippen LogP contribution in [-0.4, -0.2) is 33.0 Å². The predicted molar refractivity (Wildman–Crippen MR) is 92.1 cm³/mol. The number of anilines is 1. The lowest BCUT2D eigenvalue weighted by molar-refractivity contribution is -0.134. The van der Waals surface area contributed by atoms with Crippen molar-refractivity contribution in [3.05, 3.63) is 47.7 Å². The molecule has 2 aromatic rings. The molecule has 10 nitrogen and oxygen atoms in total. The van der Waals surface area contributed by atoms with Crippen LogP contribution < -0.4 is 26.0 Å². The van der Waals surface area contributed by atoms with Crippen LogP contribution in [0.4, 0.5) is 5.95 Å². The Morgan fingerprint density at radius 2 is 1.92 bits per heavy atom. The van der Waals surface area contributed by atoms with Crippen LogP contribution in [0.2, 0.25) is 0 Å². The first-order valence-electron chi connectivity index (χ1n) is 7.47. The Morgan fingerprint density at radius 1 is 1.23 bits per heavy atom. The van der Waals surface area contributed by atoms with Crippen molar-refractivity contribution in [1.29, 1.82) is 0 Å². The van der Waals surface area contributed by atoms with Crippen LogP contribution in [0, 0.1) is 0 Å². The highest BCUT2D eigenvalue weighted by molar-refractivity contribution is 5.74. The van der Waals surface area contributed by atoms with Crippen LogP contribution in [0.25, 0.3) is 5.69 Å². The third kappa shape index (κ3) is 4.98. The molecule has 0 unspecified atom stereocenters. The van der Waals surface area contributed by atoms with Crippen molar-refractivity contribution in [1.82, 2.24) is 20.0 Å². The molecular formula is C16H17N5O5. The molecular weight excluding hydrogens is 342 g/mol. The smallest absolute Gasteiger partial charge is 0.356 e. The molecule has 1 aromatic heterocycles. The Morgan fingerprint density at radius 3 is 2.54 bits per heavy atom. The average molecular weight is 359 g/mol. The molecule has 0 aliphatic carbocycles. The zero-order chi connectivity index (χ0) is 19.1. The van der Waals surface area contributed by atoms with Crippen molar-refractivity contribution >= 4 is 17.9 Å². The quantitative estimate of drug-likeness (QED) is 0.240. The van der Waals surface area contributed by atoms with E-state index in [0.29, 0.717) is 12.2 Å². The molecule has 1 aromatic carbocycles. The summed E-state index contributed by atoms with van der Waals surface area (Å²) < 4.78 is 11.2. The molecule has 10 heteroatoms. The second kappa shape index (κ2) is 8.53. The number of aromatic nitrogens is 3. The van der Waals surface area contributed by atoms with E-state index < -0.39 is 17.6 Å². The summed E-state index contributed by atoms with van der Waals surface area (Å²) in [4.78, 5) is 42.4. The number of benzene rings is 1. The first-order chi connectivity index (χ1) is 12.4. The fourth-order valence-electron chi connectivity index (χ4n) is 1.90. The number of carbonyl (C=O) groups is 2. The van der Waals surface area contributed by atoms with Crippen molar-refractivity contribution in [2.45, 2.75) is 13.8 Å². The fourth-order valence-corrected chi connectivity index (χ4v) is 1.90. The maximum atomic E-state index is 12.2. The molecule has 0 radical (unpaired) electrons. The van der Waals surface area contributed by atoms with Gasteiger partial charge in [0.15, 0.2) is 11.5 Å². The molecule has 1 heterocycles. The number of nitrogens with zero attached hydrogens (tertiary/aromatic N) is 3. The van der Waals surface area contributed by atoms with E-state index in [1.54, 1.807) is 6.08 Å². The third-order valence-corrected chi connectivity index (χ3v) is 2.86. The van der Waals surface area contributed by atoms with Crippen molar-refractivity contribution in [3.63, 3.8) is 0 Å². The van der Waals surface area contributed by atoms with Crippen LogP contribution in [0.3, 0.4) is 0 Å². The Labute approximate surface area is 148 Å². The van der Waals surface area contributed by atoms with Crippen LogP contribution in [-0.2, 0) is 9.59 Å². The lowest BCUT2D eigenvalue weighted by Gasteiger charge is -2.12. The van der Waals surface area contributed by atoms with E-state index in [4.69, 9.17) is 9.47 Å². The van der Waals surface area contributed by atoms with E-state index >= 15 is 0 Å². The van der Waals surface area contributed by atoms with Crippen LogP contribution in [0.15, 0.2) is 42.0 Å². The Balaban J connectivity index is 2.35. The number of esters is 2.